The van der Waals surface area contributed by atoms with Crippen LogP contribution in [0.4, 0.5) is 0 Å². The molecule has 0 aromatic carbocycles. The van der Waals surface area contributed by atoms with Crippen molar-refractivity contribution in [1.82, 2.24) is 24.6 Å². The predicted octanol–water partition coefficient (Wildman–Crippen LogP) is 1.24. The van der Waals surface area contributed by atoms with Crippen molar-refractivity contribution in [3.05, 3.63) is 24.7 Å². The molecule has 0 bridgehead atoms. The summed E-state index contributed by atoms with van der Waals surface area (Å²) in [6.07, 6.45) is 3.27. The maximum absolute atomic E-state index is 11.9. The standard InChI is InChI=1S/C13H17N5O2S/c1-9(12(19)17(2)3)21-13-16-15-8-18(13)10-5-6-11(20-4)14-7-10/h5-9H,1-4H3/t9-/m0/s1. The SMILES string of the molecule is COc1ccc(-n2cnnc2S[C@@H](C)C(=O)N(C)C)cn1. The first-order chi connectivity index (χ1) is 10.0. The van der Waals surface area contributed by atoms with E-state index in [1.807, 2.05) is 13.0 Å². The summed E-state index contributed by atoms with van der Waals surface area (Å²) in [5.74, 6) is 0.569. The molecule has 0 saturated heterocycles. The molecule has 0 saturated carbocycles. The Balaban J connectivity index is 2.20. The summed E-state index contributed by atoms with van der Waals surface area (Å²) in [7, 11) is 5.03. The van der Waals surface area contributed by atoms with Crippen LogP contribution in [0, 0.1) is 0 Å². The molecule has 21 heavy (non-hydrogen) atoms. The lowest BCUT2D eigenvalue weighted by atomic mass is 10.4. The Hall–Kier alpha value is -2.09. The van der Waals surface area contributed by atoms with Crippen molar-refractivity contribution >= 4 is 17.7 Å². The first-order valence-corrected chi connectivity index (χ1v) is 7.19. The van der Waals surface area contributed by atoms with Gasteiger partial charge in [0.05, 0.1) is 24.2 Å². The molecule has 2 aromatic rings. The molecule has 8 heteroatoms. The molecule has 2 aromatic heterocycles. The summed E-state index contributed by atoms with van der Waals surface area (Å²) in [4.78, 5) is 17.6. The van der Waals surface area contributed by atoms with Gasteiger partial charge in [0.25, 0.3) is 0 Å². The third kappa shape index (κ3) is 3.52. The number of ether oxygens (including phenoxy) is 1. The number of amides is 1. The van der Waals surface area contributed by atoms with Crippen molar-refractivity contribution < 1.29 is 9.53 Å². The van der Waals surface area contributed by atoms with Gasteiger partial charge in [0, 0.05) is 20.2 Å². The highest BCUT2D eigenvalue weighted by molar-refractivity contribution is 8.00. The first kappa shape index (κ1) is 15.3. The van der Waals surface area contributed by atoms with Gasteiger partial charge in [-0.15, -0.1) is 10.2 Å². The van der Waals surface area contributed by atoms with E-state index in [1.54, 1.807) is 49.3 Å². The normalized spacial score (nSPS) is 12.0. The number of methoxy groups -OCH3 is 1. The van der Waals surface area contributed by atoms with Gasteiger partial charge in [-0.05, 0) is 13.0 Å². The zero-order chi connectivity index (χ0) is 15.4. The van der Waals surface area contributed by atoms with Crippen LogP contribution < -0.4 is 4.74 Å². The van der Waals surface area contributed by atoms with Crippen molar-refractivity contribution in [3.63, 3.8) is 0 Å². The van der Waals surface area contributed by atoms with Crippen LogP contribution in [0.3, 0.4) is 0 Å². The van der Waals surface area contributed by atoms with Crippen LogP contribution in [-0.2, 0) is 4.79 Å². The lowest BCUT2D eigenvalue weighted by Gasteiger charge is -2.16. The quantitative estimate of drug-likeness (QED) is 0.774. The number of rotatable bonds is 5. The number of aromatic nitrogens is 4. The zero-order valence-corrected chi connectivity index (χ0v) is 13.2. The lowest BCUT2D eigenvalue weighted by Crippen LogP contribution is -2.29. The van der Waals surface area contributed by atoms with Crippen molar-refractivity contribution in [2.75, 3.05) is 21.2 Å². The van der Waals surface area contributed by atoms with Gasteiger partial charge in [-0.1, -0.05) is 11.8 Å². The second-order valence-corrected chi connectivity index (χ2v) is 5.84. The van der Waals surface area contributed by atoms with E-state index in [1.165, 1.54) is 11.8 Å². The summed E-state index contributed by atoms with van der Waals surface area (Å²) in [5.41, 5.74) is 0.813. The van der Waals surface area contributed by atoms with E-state index in [4.69, 9.17) is 4.74 Å². The van der Waals surface area contributed by atoms with Crippen molar-refractivity contribution in [2.45, 2.75) is 17.3 Å². The molecule has 2 heterocycles. The molecule has 0 aliphatic carbocycles. The largest absolute Gasteiger partial charge is 0.481 e. The Morgan fingerprint density at radius 1 is 1.43 bits per heavy atom. The zero-order valence-electron chi connectivity index (χ0n) is 12.3. The van der Waals surface area contributed by atoms with E-state index >= 15 is 0 Å². The third-order valence-electron chi connectivity index (χ3n) is 2.80. The molecular formula is C13H17N5O2S. The molecule has 0 fully saturated rings. The molecule has 0 aliphatic heterocycles. The summed E-state index contributed by atoms with van der Waals surface area (Å²) in [6, 6.07) is 3.62. The third-order valence-corrected chi connectivity index (χ3v) is 3.84. The molecule has 112 valence electrons. The minimum Gasteiger partial charge on any atom is -0.481 e. The molecule has 0 aliphatic rings. The van der Waals surface area contributed by atoms with E-state index in [2.05, 4.69) is 15.2 Å². The fraction of sp³-hybridized carbons (Fsp3) is 0.385. The predicted molar refractivity (Wildman–Crippen MR) is 79.7 cm³/mol. The molecule has 2 rings (SSSR count). The molecule has 1 amide bonds. The maximum atomic E-state index is 11.9. The lowest BCUT2D eigenvalue weighted by molar-refractivity contribution is -0.127. The Morgan fingerprint density at radius 3 is 2.76 bits per heavy atom. The summed E-state index contributed by atoms with van der Waals surface area (Å²) in [6.45, 7) is 1.85. The van der Waals surface area contributed by atoms with Crippen LogP contribution in [0.5, 0.6) is 5.88 Å². The number of pyridine rings is 1. The Labute approximate surface area is 127 Å². The van der Waals surface area contributed by atoms with E-state index in [9.17, 15) is 4.79 Å². The van der Waals surface area contributed by atoms with Crippen LogP contribution >= 0.6 is 11.8 Å². The number of hydrogen-bond acceptors (Lipinski definition) is 6. The monoisotopic (exact) mass is 307 g/mol. The fourth-order valence-electron chi connectivity index (χ4n) is 1.69. The number of hydrogen-bond donors (Lipinski definition) is 0. The molecule has 0 unspecified atom stereocenters. The van der Waals surface area contributed by atoms with Crippen LogP contribution in [0.25, 0.3) is 5.69 Å². The van der Waals surface area contributed by atoms with Gasteiger partial charge in [-0.3, -0.25) is 9.36 Å². The van der Waals surface area contributed by atoms with Gasteiger partial charge in [-0.2, -0.15) is 0 Å². The first-order valence-electron chi connectivity index (χ1n) is 6.31. The van der Waals surface area contributed by atoms with Crippen molar-refractivity contribution in [2.24, 2.45) is 0 Å². The second kappa shape index (κ2) is 6.57. The Bertz CT molecular complexity index is 611. The maximum Gasteiger partial charge on any atom is 0.235 e. The van der Waals surface area contributed by atoms with Crippen LogP contribution in [0.1, 0.15) is 6.92 Å². The highest BCUT2D eigenvalue weighted by atomic mass is 32.2. The number of nitrogens with zero attached hydrogens (tertiary/aromatic N) is 5. The number of thioether (sulfide) groups is 1. The summed E-state index contributed by atoms with van der Waals surface area (Å²) in [5, 5.41) is 8.37. The average molecular weight is 307 g/mol. The van der Waals surface area contributed by atoms with Crippen LogP contribution in [0.2, 0.25) is 0 Å². The van der Waals surface area contributed by atoms with E-state index in [0.717, 1.165) is 5.69 Å². The molecule has 7 nitrogen and oxygen atoms in total. The topological polar surface area (TPSA) is 73.1 Å². The summed E-state index contributed by atoms with van der Waals surface area (Å²) >= 11 is 1.36. The van der Waals surface area contributed by atoms with E-state index < -0.39 is 0 Å². The fourth-order valence-corrected chi connectivity index (χ4v) is 2.68. The second-order valence-electron chi connectivity index (χ2n) is 4.54. The van der Waals surface area contributed by atoms with Gasteiger partial charge in [0.2, 0.25) is 11.8 Å². The minimum atomic E-state index is -0.242. The number of carbonyl (C=O) groups excluding carboxylic acids is 1. The molecule has 0 radical (unpaired) electrons. The van der Waals surface area contributed by atoms with E-state index in [-0.39, 0.29) is 11.2 Å². The highest BCUT2D eigenvalue weighted by Crippen LogP contribution is 2.24. The van der Waals surface area contributed by atoms with Gasteiger partial charge in [0.15, 0.2) is 5.16 Å². The smallest absolute Gasteiger partial charge is 0.235 e. The molecule has 1 atom stereocenters. The van der Waals surface area contributed by atoms with Crippen molar-refractivity contribution in [3.8, 4) is 11.6 Å². The molecule has 0 N–H and O–H groups in total. The van der Waals surface area contributed by atoms with Crippen molar-refractivity contribution in [1.29, 1.82) is 0 Å². The number of carbonyl (C=O) groups is 1. The average Bonchev–Trinajstić information content (AvgIpc) is 2.94. The minimum absolute atomic E-state index is 0.0300. The highest BCUT2D eigenvalue weighted by Gasteiger charge is 2.19. The molecular weight excluding hydrogens is 290 g/mol. The van der Waals surface area contributed by atoms with E-state index in [0.29, 0.717) is 11.0 Å². The van der Waals surface area contributed by atoms with Crippen LogP contribution in [0.15, 0.2) is 29.8 Å². The molecule has 0 spiro atoms. The van der Waals surface area contributed by atoms with Crippen LogP contribution in [-0.4, -0.2) is 57.0 Å². The van der Waals surface area contributed by atoms with Gasteiger partial charge >= 0.3 is 0 Å². The summed E-state index contributed by atoms with van der Waals surface area (Å²) < 4.78 is 6.82. The van der Waals surface area contributed by atoms with Gasteiger partial charge in [0.1, 0.15) is 6.33 Å². The Morgan fingerprint density at radius 2 is 2.19 bits per heavy atom. The van der Waals surface area contributed by atoms with Gasteiger partial charge in [-0.25, -0.2) is 4.98 Å². The van der Waals surface area contributed by atoms with Gasteiger partial charge < -0.3 is 9.64 Å². The Kier molecular flexibility index (Phi) is 4.79.